The number of rotatable bonds is 6. The maximum Gasteiger partial charge on any atom is 0.365 e. The van der Waals surface area contributed by atoms with Crippen LogP contribution in [0.5, 0.6) is 0 Å². The molecule has 2 heterocycles. The monoisotopic (exact) mass is 375 g/mol. The van der Waals surface area contributed by atoms with E-state index in [1.54, 1.807) is 19.1 Å². The maximum absolute atomic E-state index is 12.0. The summed E-state index contributed by atoms with van der Waals surface area (Å²) in [7, 11) is 0. The highest BCUT2D eigenvalue weighted by atomic mass is 79.9. The number of aliphatic hydroxyl groups excluding tert-OH is 1. The van der Waals surface area contributed by atoms with Crippen LogP contribution >= 0.6 is 11.3 Å². The summed E-state index contributed by atoms with van der Waals surface area (Å²) in [6, 6.07) is 3.51. The molecular formula is C12H14BrN3O4S. The van der Waals surface area contributed by atoms with Crippen LogP contribution in [0, 0.1) is 17.0 Å². The largest absolute Gasteiger partial charge is 1.00 e. The van der Waals surface area contributed by atoms with Gasteiger partial charge in [0.1, 0.15) is 6.54 Å². The number of nitrogens with zero attached hydrogens (tertiary/aromatic N) is 3. The van der Waals surface area contributed by atoms with Crippen LogP contribution in [-0.2, 0) is 13.1 Å². The molecule has 0 amide bonds. The van der Waals surface area contributed by atoms with E-state index >= 15 is 0 Å². The van der Waals surface area contributed by atoms with Crippen molar-refractivity contribution in [1.82, 2.24) is 4.57 Å². The summed E-state index contributed by atoms with van der Waals surface area (Å²) >= 11 is 1.34. The molecule has 0 atom stereocenters. The molecule has 7 nitrogen and oxygen atoms in total. The zero-order valence-electron chi connectivity index (χ0n) is 11.2. The van der Waals surface area contributed by atoms with Gasteiger partial charge in [-0.25, -0.2) is 4.57 Å². The molecule has 0 fully saturated rings. The molecule has 9 heteroatoms. The minimum atomic E-state index is -0.519. The van der Waals surface area contributed by atoms with E-state index in [-0.39, 0.29) is 48.3 Å². The van der Waals surface area contributed by atoms with Crippen molar-refractivity contribution in [2.45, 2.75) is 20.0 Å². The number of hydrogen-bond donors (Lipinski definition) is 1. The third-order valence-electron chi connectivity index (χ3n) is 2.97. The first-order chi connectivity index (χ1) is 9.54. The first kappa shape index (κ1) is 17.5. The topological polar surface area (TPSA) is 89.2 Å². The van der Waals surface area contributed by atoms with Gasteiger partial charge >= 0.3 is 5.82 Å². The number of thiophene rings is 1. The van der Waals surface area contributed by atoms with Gasteiger partial charge in [-0.15, -0.1) is 11.3 Å². The van der Waals surface area contributed by atoms with Crippen molar-refractivity contribution in [3.8, 4) is 0 Å². The lowest BCUT2D eigenvalue weighted by molar-refractivity contribution is -0.689. The minimum absolute atomic E-state index is 0. The van der Waals surface area contributed by atoms with Crippen molar-refractivity contribution >= 4 is 22.9 Å². The summed E-state index contributed by atoms with van der Waals surface area (Å²) in [5, 5.41) is 21.8. The lowest BCUT2D eigenvalue weighted by Crippen LogP contribution is -3.00. The average molecular weight is 376 g/mol. The molecule has 0 radical (unpaired) electrons. The quantitative estimate of drug-likeness (QED) is 0.272. The number of aromatic nitrogens is 2. The van der Waals surface area contributed by atoms with Crippen molar-refractivity contribution in [3.63, 3.8) is 0 Å². The molecule has 114 valence electrons. The van der Waals surface area contributed by atoms with Gasteiger partial charge in [0.25, 0.3) is 5.82 Å². The lowest BCUT2D eigenvalue weighted by Gasteiger charge is -1.99. The predicted molar refractivity (Wildman–Crippen MR) is 71.8 cm³/mol. The highest BCUT2D eigenvalue weighted by Crippen LogP contribution is 2.13. The second-order valence-corrected chi connectivity index (χ2v) is 5.14. The van der Waals surface area contributed by atoms with Crippen LogP contribution in [0.4, 0.5) is 5.82 Å². The predicted octanol–water partition coefficient (Wildman–Crippen LogP) is -2.07. The zero-order valence-corrected chi connectivity index (χ0v) is 13.6. The molecule has 0 aliphatic carbocycles. The highest BCUT2D eigenvalue weighted by molar-refractivity contribution is 7.12. The molecule has 0 unspecified atom stereocenters. The molecular weight excluding hydrogens is 362 g/mol. The fraction of sp³-hybridized carbons (Fsp3) is 0.333. The molecule has 0 spiro atoms. The van der Waals surface area contributed by atoms with Crippen molar-refractivity contribution < 1.29 is 36.4 Å². The normalized spacial score (nSPS) is 10.2. The third kappa shape index (κ3) is 3.74. The van der Waals surface area contributed by atoms with Crippen LogP contribution in [0.25, 0.3) is 0 Å². The molecule has 0 saturated carbocycles. The van der Waals surface area contributed by atoms with Gasteiger partial charge in [0.15, 0.2) is 12.7 Å². The van der Waals surface area contributed by atoms with Crippen LogP contribution in [0.2, 0.25) is 0 Å². The summed E-state index contributed by atoms with van der Waals surface area (Å²) in [6.45, 7) is 1.66. The minimum Gasteiger partial charge on any atom is -1.00 e. The maximum atomic E-state index is 12.0. The number of carbonyl (C=O) groups is 1. The summed E-state index contributed by atoms with van der Waals surface area (Å²) < 4.78 is 2.93. The Bertz CT molecular complexity index is 639. The molecule has 0 aromatic carbocycles. The van der Waals surface area contributed by atoms with Crippen molar-refractivity contribution in [2.24, 2.45) is 0 Å². The third-order valence-corrected chi connectivity index (χ3v) is 3.89. The summed E-state index contributed by atoms with van der Waals surface area (Å²) in [6.07, 6.45) is 1.33. The van der Waals surface area contributed by atoms with Crippen LogP contribution in [0.3, 0.4) is 0 Å². The number of hydrogen-bond acceptors (Lipinski definition) is 5. The van der Waals surface area contributed by atoms with Crippen LogP contribution in [0.1, 0.15) is 15.5 Å². The van der Waals surface area contributed by atoms with E-state index in [2.05, 4.69) is 0 Å². The Labute approximate surface area is 135 Å². The van der Waals surface area contributed by atoms with Crippen LogP contribution in [-0.4, -0.2) is 27.0 Å². The number of nitro groups is 1. The summed E-state index contributed by atoms with van der Waals surface area (Å²) in [5.41, 5.74) is 0. The Morgan fingerprint density at radius 3 is 2.81 bits per heavy atom. The molecule has 2 rings (SSSR count). The van der Waals surface area contributed by atoms with E-state index in [0.29, 0.717) is 10.7 Å². The average Bonchev–Trinajstić information content (AvgIpc) is 3.02. The number of Topliss-reactive ketones (excluding diaryl/α,β-unsaturated/α-hetero) is 1. The SMILES string of the molecule is Cc1n(CCO)c([N+](=O)[O-])c[n+]1CC(=O)c1cccs1.[Br-]. The number of aliphatic hydroxyl groups is 1. The second kappa shape index (κ2) is 7.43. The van der Waals surface area contributed by atoms with Gasteiger partial charge in [0.05, 0.1) is 11.5 Å². The molecule has 0 saturated heterocycles. The first-order valence-corrected chi connectivity index (χ1v) is 6.84. The number of ketones is 1. The smallest absolute Gasteiger partial charge is 0.365 e. The van der Waals surface area contributed by atoms with Gasteiger partial charge in [0.2, 0.25) is 5.78 Å². The van der Waals surface area contributed by atoms with Gasteiger partial charge in [-0.1, -0.05) is 6.07 Å². The summed E-state index contributed by atoms with van der Waals surface area (Å²) in [5.74, 6) is 0.343. The molecule has 0 aliphatic rings. The molecule has 2 aromatic heterocycles. The molecule has 2 aromatic rings. The Morgan fingerprint density at radius 1 is 1.57 bits per heavy atom. The Kier molecular flexibility index (Phi) is 6.19. The number of halogens is 1. The van der Waals surface area contributed by atoms with Gasteiger partial charge in [0, 0.05) is 6.92 Å². The van der Waals surface area contributed by atoms with Crippen molar-refractivity contribution in [2.75, 3.05) is 6.61 Å². The fourth-order valence-corrected chi connectivity index (χ4v) is 2.63. The van der Waals surface area contributed by atoms with E-state index in [0.717, 1.165) is 0 Å². The molecule has 0 bridgehead atoms. The van der Waals surface area contributed by atoms with Gasteiger partial charge in [-0.2, -0.15) is 4.57 Å². The zero-order chi connectivity index (χ0) is 14.7. The van der Waals surface area contributed by atoms with Crippen molar-refractivity contribution in [1.29, 1.82) is 0 Å². The standard InChI is InChI=1S/C12H14N3O4S.BrH/c1-9-13(7-10(17)11-3-2-6-20-11)8-12(15(18)19)14(9)4-5-16;/h2-3,6,8,16H,4-5,7H2,1H3;1H/q+1;/p-1. The second-order valence-electron chi connectivity index (χ2n) is 4.20. The lowest BCUT2D eigenvalue weighted by atomic mass is 10.3. The summed E-state index contributed by atoms with van der Waals surface area (Å²) in [4.78, 5) is 23.1. The molecule has 21 heavy (non-hydrogen) atoms. The van der Waals surface area contributed by atoms with Gasteiger partial charge in [-0.05, 0) is 16.4 Å². The van der Waals surface area contributed by atoms with Crippen LogP contribution < -0.4 is 21.5 Å². The number of imidazole rings is 1. The van der Waals surface area contributed by atoms with Gasteiger partial charge < -0.3 is 32.2 Å². The highest BCUT2D eigenvalue weighted by Gasteiger charge is 2.25. The number of carbonyl (C=O) groups excluding carboxylic acids is 1. The Morgan fingerprint density at radius 2 is 2.29 bits per heavy atom. The van der Waals surface area contributed by atoms with Gasteiger partial charge in [-0.3, -0.25) is 4.79 Å². The van der Waals surface area contributed by atoms with E-state index in [1.807, 2.05) is 5.38 Å². The van der Waals surface area contributed by atoms with E-state index in [9.17, 15) is 14.9 Å². The van der Waals surface area contributed by atoms with Crippen LogP contribution in [0.15, 0.2) is 23.7 Å². The van der Waals surface area contributed by atoms with E-state index in [1.165, 1.54) is 26.7 Å². The Balaban J connectivity index is 0.00000220. The molecule has 1 N–H and O–H groups in total. The Hall–Kier alpha value is -1.58. The van der Waals surface area contributed by atoms with Crippen molar-refractivity contribution in [3.05, 3.63) is 44.5 Å². The molecule has 0 aliphatic heterocycles. The fourth-order valence-electron chi connectivity index (χ4n) is 1.98. The van der Waals surface area contributed by atoms with E-state index in [4.69, 9.17) is 5.11 Å². The van der Waals surface area contributed by atoms with E-state index < -0.39 is 4.92 Å². The first-order valence-electron chi connectivity index (χ1n) is 5.96.